The highest BCUT2D eigenvalue weighted by molar-refractivity contribution is 9.10. The molecule has 5 nitrogen and oxygen atoms in total. The van der Waals surface area contributed by atoms with Crippen molar-refractivity contribution < 1.29 is 13.7 Å². The molecule has 0 aliphatic heterocycles. The zero-order valence-corrected chi connectivity index (χ0v) is 17.7. The van der Waals surface area contributed by atoms with Crippen LogP contribution in [-0.2, 0) is 17.8 Å². The van der Waals surface area contributed by atoms with E-state index in [0.717, 1.165) is 22.9 Å². The fourth-order valence-electron chi connectivity index (χ4n) is 3.20. The molecule has 7 heteroatoms. The molecule has 0 N–H and O–H groups in total. The van der Waals surface area contributed by atoms with E-state index in [2.05, 4.69) is 26.1 Å². The number of rotatable bonds is 7. The van der Waals surface area contributed by atoms with Crippen LogP contribution in [0.15, 0.2) is 51.5 Å². The molecular formula is C22H21BrFN3O2. The van der Waals surface area contributed by atoms with Gasteiger partial charge < -0.3 is 9.42 Å². The summed E-state index contributed by atoms with van der Waals surface area (Å²) in [6.07, 6.45) is 2.75. The van der Waals surface area contributed by atoms with Gasteiger partial charge in [-0.2, -0.15) is 4.98 Å². The Balaban J connectivity index is 1.39. The molecule has 29 heavy (non-hydrogen) atoms. The van der Waals surface area contributed by atoms with E-state index in [1.807, 2.05) is 29.2 Å². The minimum absolute atomic E-state index is 0.0774. The normalized spacial score (nSPS) is 13.5. The minimum atomic E-state index is -0.309. The Morgan fingerprint density at radius 3 is 2.83 bits per heavy atom. The van der Waals surface area contributed by atoms with E-state index in [-0.39, 0.29) is 11.7 Å². The van der Waals surface area contributed by atoms with Crippen LogP contribution >= 0.6 is 15.9 Å². The average Bonchev–Trinajstić information content (AvgIpc) is 3.43. The summed E-state index contributed by atoms with van der Waals surface area (Å²) in [4.78, 5) is 19.1. The van der Waals surface area contributed by atoms with Gasteiger partial charge in [0.25, 0.3) is 0 Å². The molecule has 0 radical (unpaired) electrons. The summed E-state index contributed by atoms with van der Waals surface area (Å²) < 4.78 is 20.0. The lowest BCUT2D eigenvalue weighted by atomic mass is 10.1. The summed E-state index contributed by atoms with van der Waals surface area (Å²) in [6, 6.07) is 13.1. The molecule has 2 aromatic carbocycles. The van der Waals surface area contributed by atoms with Crippen molar-refractivity contribution >= 4 is 21.8 Å². The smallest absolute Gasteiger partial charge is 0.227 e. The summed E-state index contributed by atoms with van der Waals surface area (Å²) >= 11 is 3.48. The molecule has 0 unspecified atom stereocenters. The van der Waals surface area contributed by atoms with Gasteiger partial charge >= 0.3 is 0 Å². The molecule has 3 aromatic rings. The van der Waals surface area contributed by atoms with E-state index in [9.17, 15) is 9.18 Å². The van der Waals surface area contributed by atoms with E-state index in [4.69, 9.17) is 4.52 Å². The Hall–Kier alpha value is -2.54. The van der Waals surface area contributed by atoms with Gasteiger partial charge in [0.1, 0.15) is 5.82 Å². The first-order chi connectivity index (χ1) is 14.0. The maximum absolute atomic E-state index is 13.8. The molecule has 0 bridgehead atoms. The van der Waals surface area contributed by atoms with Gasteiger partial charge in [0, 0.05) is 35.5 Å². The lowest BCUT2D eigenvalue weighted by Gasteiger charge is -2.22. The Morgan fingerprint density at radius 2 is 2.10 bits per heavy atom. The Bertz CT molecular complexity index is 1030. The molecule has 1 saturated carbocycles. The average molecular weight is 458 g/mol. The van der Waals surface area contributed by atoms with Crippen molar-refractivity contribution in [3.8, 4) is 11.4 Å². The molecule has 4 rings (SSSR count). The number of hydrogen-bond donors (Lipinski definition) is 0. The number of nitrogens with zero attached hydrogens (tertiary/aromatic N) is 3. The first kappa shape index (κ1) is 19.8. The van der Waals surface area contributed by atoms with Crippen LogP contribution in [-0.4, -0.2) is 27.0 Å². The predicted octanol–water partition coefficient (Wildman–Crippen LogP) is 5.07. The van der Waals surface area contributed by atoms with Crippen LogP contribution in [0, 0.1) is 12.7 Å². The summed E-state index contributed by atoms with van der Waals surface area (Å²) in [6.45, 7) is 2.30. The zero-order valence-electron chi connectivity index (χ0n) is 16.1. The van der Waals surface area contributed by atoms with Gasteiger partial charge in [-0.1, -0.05) is 45.4 Å². The van der Waals surface area contributed by atoms with Crippen LogP contribution < -0.4 is 0 Å². The summed E-state index contributed by atoms with van der Waals surface area (Å²) in [7, 11) is 0. The van der Waals surface area contributed by atoms with Gasteiger partial charge in [0.2, 0.25) is 17.6 Å². The van der Waals surface area contributed by atoms with Crippen LogP contribution in [0.2, 0.25) is 0 Å². The molecule has 150 valence electrons. The van der Waals surface area contributed by atoms with Crippen molar-refractivity contribution in [2.24, 2.45) is 0 Å². The molecule has 1 fully saturated rings. The van der Waals surface area contributed by atoms with Crippen LogP contribution in [0.1, 0.15) is 36.3 Å². The van der Waals surface area contributed by atoms with E-state index in [1.54, 1.807) is 19.1 Å². The van der Waals surface area contributed by atoms with Gasteiger partial charge in [-0.25, -0.2) is 4.39 Å². The van der Waals surface area contributed by atoms with Crippen molar-refractivity contribution in [1.82, 2.24) is 15.0 Å². The van der Waals surface area contributed by atoms with Gasteiger partial charge in [-0.05, 0) is 49.1 Å². The quantitative estimate of drug-likeness (QED) is 0.496. The topological polar surface area (TPSA) is 59.2 Å². The van der Waals surface area contributed by atoms with E-state index in [1.165, 1.54) is 6.07 Å². The maximum atomic E-state index is 13.8. The summed E-state index contributed by atoms with van der Waals surface area (Å²) in [5, 5.41) is 3.92. The van der Waals surface area contributed by atoms with E-state index < -0.39 is 0 Å². The van der Waals surface area contributed by atoms with Gasteiger partial charge in [-0.3, -0.25) is 4.79 Å². The third kappa shape index (κ3) is 4.90. The number of carbonyl (C=O) groups is 1. The number of amides is 1. The maximum Gasteiger partial charge on any atom is 0.227 e. The molecule has 1 aromatic heterocycles. The lowest BCUT2D eigenvalue weighted by Crippen LogP contribution is -2.32. The second kappa shape index (κ2) is 8.45. The van der Waals surface area contributed by atoms with Gasteiger partial charge in [0.15, 0.2) is 0 Å². The number of halogens is 2. The van der Waals surface area contributed by atoms with E-state index >= 15 is 0 Å². The summed E-state index contributed by atoms with van der Waals surface area (Å²) in [5.41, 5.74) is 2.22. The molecule has 1 amide bonds. The molecular weight excluding hydrogens is 437 g/mol. The highest BCUT2D eigenvalue weighted by Gasteiger charge is 2.32. The lowest BCUT2D eigenvalue weighted by molar-refractivity contribution is -0.132. The van der Waals surface area contributed by atoms with Crippen molar-refractivity contribution in [2.75, 3.05) is 0 Å². The molecule has 1 aliphatic carbocycles. The zero-order chi connectivity index (χ0) is 20.4. The Morgan fingerprint density at radius 1 is 1.28 bits per heavy atom. The third-order valence-corrected chi connectivity index (χ3v) is 5.49. The van der Waals surface area contributed by atoms with Crippen LogP contribution in [0.5, 0.6) is 0 Å². The van der Waals surface area contributed by atoms with Crippen molar-refractivity contribution in [3.05, 3.63) is 69.8 Å². The SMILES string of the molecule is Cc1ccc(-c2noc(CCC(=O)N(Cc3cccc(Br)c3)C3CC3)n2)cc1F. The molecule has 0 atom stereocenters. The Kier molecular flexibility index (Phi) is 5.76. The molecule has 1 heterocycles. The van der Waals surface area contributed by atoms with Crippen LogP contribution in [0.3, 0.4) is 0 Å². The third-order valence-electron chi connectivity index (χ3n) is 5.00. The van der Waals surface area contributed by atoms with Crippen molar-refractivity contribution in [3.63, 3.8) is 0 Å². The minimum Gasteiger partial charge on any atom is -0.339 e. The standard InChI is InChI=1S/C22H21BrFN3O2/c1-14-5-6-16(12-19(14)24)22-25-20(29-26-22)9-10-21(28)27(18-7-8-18)13-15-3-2-4-17(23)11-15/h2-6,11-12,18H,7-10,13H2,1H3. The molecule has 1 aliphatic rings. The van der Waals surface area contributed by atoms with Crippen LogP contribution in [0.4, 0.5) is 4.39 Å². The highest BCUT2D eigenvalue weighted by Crippen LogP contribution is 2.29. The molecule has 0 saturated heterocycles. The largest absolute Gasteiger partial charge is 0.339 e. The molecule has 0 spiro atoms. The second-order valence-electron chi connectivity index (χ2n) is 7.36. The summed E-state index contributed by atoms with van der Waals surface area (Å²) in [5.74, 6) is 0.484. The van der Waals surface area contributed by atoms with Crippen molar-refractivity contribution in [1.29, 1.82) is 0 Å². The van der Waals surface area contributed by atoms with E-state index in [0.29, 0.717) is 48.3 Å². The van der Waals surface area contributed by atoms with Crippen molar-refractivity contribution in [2.45, 2.75) is 45.2 Å². The fraction of sp³-hybridized carbons (Fsp3) is 0.318. The fourth-order valence-corrected chi connectivity index (χ4v) is 3.65. The second-order valence-corrected chi connectivity index (χ2v) is 8.27. The first-order valence-corrected chi connectivity index (χ1v) is 10.4. The highest BCUT2D eigenvalue weighted by atomic mass is 79.9. The number of aromatic nitrogens is 2. The predicted molar refractivity (Wildman–Crippen MR) is 110 cm³/mol. The van der Waals surface area contributed by atoms with Gasteiger partial charge in [-0.15, -0.1) is 0 Å². The van der Waals surface area contributed by atoms with Crippen LogP contribution in [0.25, 0.3) is 11.4 Å². The number of hydrogen-bond acceptors (Lipinski definition) is 4. The first-order valence-electron chi connectivity index (χ1n) is 9.62. The number of aryl methyl sites for hydroxylation is 2. The monoisotopic (exact) mass is 457 g/mol. The number of carbonyl (C=O) groups excluding carboxylic acids is 1. The Labute approximate surface area is 177 Å². The number of benzene rings is 2. The van der Waals surface area contributed by atoms with Gasteiger partial charge in [0.05, 0.1) is 0 Å².